The molecule has 35 heavy (non-hydrogen) atoms. The molecule has 2 heterocycles. The molecule has 0 bridgehead atoms. The Morgan fingerprint density at radius 3 is 2.74 bits per heavy atom. The number of rotatable bonds is 9. The van der Waals surface area contributed by atoms with E-state index in [1.807, 2.05) is 65.5 Å². The van der Waals surface area contributed by atoms with E-state index in [0.29, 0.717) is 43.2 Å². The minimum Gasteiger partial charge on any atom is -0.497 e. The SMILES string of the molecule is CCCCNC(=O)C1CCCN(C(=O)c2cn(Cc3ccccc3)nc2-c2cccc(OC)c2)C1. The number of piperidine rings is 1. The largest absolute Gasteiger partial charge is 0.497 e. The molecule has 7 heteroatoms. The Balaban J connectivity index is 1.60. The second-order valence-electron chi connectivity index (χ2n) is 9.04. The third-order valence-corrected chi connectivity index (χ3v) is 6.43. The van der Waals surface area contributed by atoms with Crippen LogP contribution in [0.4, 0.5) is 0 Å². The average molecular weight is 475 g/mol. The van der Waals surface area contributed by atoms with Crippen molar-refractivity contribution in [1.29, 1.82) is 0 Å². The molecule has 2 aromatic carbocycles. The maximum atomic E-state index is 13.8. The van der Waals surface area contributed by atoms with Crippen molar-refractivity contribution in [3.05, 3.63) is 71.9 Å². The van der Waals surface area contributed by atoms with Crippen LogP contribution in [0.25, 0.3) is 11.3 Å². The quantitative estimate of drug-likeness (QED) is 0.467. The summed E-state index contributed by atoms with van der Waals surface area (Å²) in [4.78, 5) is 28.2. The summed E-state index contributed by atoms with van der Waals surface area (Å²) in [5, 5.41) is 7.83. The van der Waals surface area contributed by atoms with Gasteiger partial charge in [0.25, 0.3) is 5.91 Å². The Labute approximate surface area is 207 Å². The summed E-state index contributed by atoms with van der Waals surface area (Å²) in [6, 6.07) is 17.7. The fourth-order valence-corrected chi connectivity index (χ4v) is 4.49. The standard InChI is InChI=1S/C28H34N4O3/c1-3-4-15-29-27(33)23-13-9-16-31(19-23)28(34)25-20-32(18-21-10-6-5-7-11-21)30-26(25)22-12-8-14-24(17-22)35-2/h5-8,10-12,14,17,20,23H,3-4,9,13,15-16,18-19H2,1-2H3,(H,29,33). The number of ether oxygens (including phenoxy) is 1. The van der Waals surface area contributed by atoms with Gasteiger partial charge in [-0.25, -0.2) is 0 Å². The highest BCUT2D eigenvalue weighted by Crippen LogP contribution is 2.28. The van der Waals surface area contributed by atoms with E-state index in [-0.39, 0.29) is 17.7 Å². The van der Waals surface area contributed by atoms with E-state index in [1.54, 1.807) is 12.0 Å². The predicted molar refractivity (Wildman–Crippen MR) is 136 cm³/mol. The Hall–Kier alpha value is -3.61. The Kier molecular flexibility index (Phi) is 8.19. The van der Waals surface area contributed by atoms with Crippen molar-refractivity contribution in [3.63, 3.8) is 0 Å². The van der Waals surface area contributed by atoms with Crippen molar-refractivity contribution in [1.82, 2.24) is 20.0 Å². The third kappa shape index (κ3) is 6.10. The molecule has 0 radical (unpaired) electrons. The van der Waals surface area contributed by atoms with Gasteiger partial charge >= 0.3 is 0 Å². The van der Waals surface area contributed by atoms with Gasteiger partial charge in [-0.15, -0.1) is 0 Å². The topological polar surface area (TPSA) is 76.5 Å². The lowest BCUT2D eigenvalue weighted by atomic mass is 9.96. The van der Waals surface area contributed by atoms with Gasteiger partial charge in [-0.05, 0) is 37.0 Å². The first kappa shape index (κ1) is 24.5. The summed E-state index contributed by atoms with van der Waals surface area (Å²) in [5.74, 6) is 0.487. The number of hydrogen-bond donors (Lipinski definition) is 1. The van der Waals surface area contributed by atoms with Gasteiger partial charge in [-0.1, -0.05) is 55.8 Å². The smallest absolute Gasteiger partial charge is 0.257 e. The van der Waals surface area contributed by atoms with E-state index in [0.717, 1.165) is 36.8 Å². The van der Waals surface area contributed by atoms with Gasteiger partial charge in [0.1, 0.15) is 11.4 Å². The first-order valence-electron chi connectivity index (χ1n) is 12.4. The molecule has 0 spiro atoms. The zero-order valence-electron chi connectivity index (χ0n) is 20.6. The van der Waals surface area contributed by atoms with Crippen LogP contribution in [-0.4, -0.2) is 53.2 Å². The number of nitrogens with zero attached hydrogens (tertiary/aromatic N) is 3. The van der Waals surface area contributed by atoms with Crippen molar-refractivity contribution < 1.29 is 14.3 Å². The summed E-state index contributed by atoms with van der Waals surface area (Å²) in [5.41, 5.74) is 3.10. The van der Waals surface area contributed by atoms with Gasteiger partial charge in [0.15, 0.2) is 0 Å². The molecule has 1 aromatic heterocycles. The van der Waals surface area contributed by atoms with Crippen molar-refractivity contribution in [2.45, 2.75) is 39.2 Å². The lowest BCUT2D eigenvalue weighted by Crippen LogP contribution is -2.45. The number of benzene rings is 2. The molecule has 1 aliphatic rings. The third-order valence-electron chi connectivity index (χ3n) is 6.43. The van der Waals surface area contributed by atoms with Gasteiger partial charge in [0.2, 0.25) is 5.91 Å². The molecule has 1 saturated heterocycles. The molecule has 2 amide bonds. The van der Waals surface area contributed by atoms with Crippen molar-refractivity contribution in [3.8, 4) is 17.0 Å². The Morgan fingerprint density at radius 1 is 1.14 bits per heavy atom. The maximum absolute atomic E-state index is 13.8. The fraction of sp³-hybridized carbons (Fsp3) is 0.393. The van der Waals surface area contributed by atoms with E-state index in [4.69, 9.17) is 9.84 Å². The highest BCUT2D eigenvalue weighted by molar-refractivity contribution is 6.00. The normalized spacial score (nSPS) is 15.6. The fourth-order valence-electron chi connectivity index (χ4n) is 4.49. The molecule has 0 saturated carbocycles. The van der Waals surface area contributed by atoms with Crippen LogP contribution < -0.4 is 10.1 Å². The highest BCUT2D eigenvalue weighted by Gasteiger charge is 2.31. The number of carbonyl (C=O) groups is 2. The maximum Gasteiger partial charge on any atom is 0.257 e. The van der Waals surface area contributed by atoms with E-state index < -0.39 is 0 Å². The van der Waals surface area contributed by atoms with Crippen LogP contribution in [0.5, 0.6) is 5.75 Å². The molecule has 0 aliphatic carbocycles. The first-order valence-corrected chi connectivity index (χ1v) is 12.4. The van der Waals surface area contributed by atoms with Crippen LogP contribution in [0.3, 0.4) is 0 Å². The van der Waals surface area contributed by atoms with Gasteiger partial charge in [0, 0.05) is 31.4 Å². The van der Waals surface area contributed by atoms with Gasteiger partial charge in [-0.2, -0.15) is 5.10 Å². The molecule has 4 rings (SSSR count). The monoisotopic (exact) mass is 474 g/mol. The highest BCUT2D eigenvalue weighted by atomic mass is 16.5. The molecule has 1 aliphatic heterocycles. The van der Waals surface area contributed by atoms with Gasteiger partial charge < -0.3 is 15.0 Å². The summed E-state index contributed by atoms with van der Waals surface area (Å²) < 4.78 is 7.22. The van der Waals surface area contributed by atoms with Crippen molar-refractivity contribution in [2.75, 3.05) is 26.7 Å². The molecule has 1 unspecified atom stereocenters. The van der Waals surface area contributed by atoms with E-state index in [1.165, 1.54) is 0 Å². The zero-order valence-corrected chi connectivity index (χ0v) is 20.6. The number of methoxy groups -OCH3 is 1. The average Bonchev–Trinajstić information content (AvgIpc) is 3.32. The van der Waals surface area contributed by atoms with Crippen LogP contribution >= 0.6 is 0 Å². The minimum atomic E-state index is -0.177. The Bertz CT molecular complexity index is 1140. The molecule has 1 fully saturated rings. The number of unbranched alkanes of at least 4 members (excludes halogenated alkanes) is 1. The molecule has 184 valence electrons. The summed E-state index contributed by atoms with van der Waals surface area (Å²) in [6.45, 7) is 4.42. The van der Waals surface area contributed by atoms with Crippen LogP contribution in [0.15, 0.2) is 60.8 Å². The van der Waals surface area contributed by atoms with Crippen LogP contribution in [-0.2, 0) is 11.3 Å². The minimum absolute atomic E-state index is 0.0451. The molecular formula is C28H34N4O3. The van der Waals surface area contributed by atoms with E-state index in [9.17, 15) is 9.59 Å². The molecular weight excluding hydrogens is 440 g/mol. The van der Waals surface area contributed by atoms with Crippen molar-refractivity contribution in [2.24, 2.45) is 5.92 Å². The molecule has 1 N–H and O–H groups in total. The molecule has 3 aromatic rings. The van der Waals surface area contributed by atoms with Crippen molar-refractivity contribution >= 4 is 11.8 Å². The lowest BCUT2D eigenvalue weighted by molar-refractivity contribution is -0.126. The number of hydrogen-bond acceptors (Lipinski definition) is 4. The summed E-state index contributed by atoms with van der Waals surface area (Å²) in [7, 11) is 1.62. The van der Waals surface area contributed by atoms with Crippen LogP contribution in [0, 0.1) is 5.92 Å². The number of aromatic nitrogens is 2. The molecule has 1 atom stereocenters. The zero-order chi connectivity index (χ0) is 24.6. The number of likely N-dealkylation sites (tertiary alicyclic amines) is 1. The van der Waals surface area contributed by atoms with Gasteiger partial charge in [0.05, 0.1) is 25.1 Å². The number of carbonyl (C=O) groups excluding carboxylic acids is 2. The number of amides is 2. The van der Waals surface area contributed by atoms with E-state index >= 15 is 0 Å². The van der Waals surface area contributed by atoms with Crippen LogP contribution in [0.1, 0.15) is 48.5 Å². The second kappa shape index (κ2) is 11.7. The summed E-state index contributed by atoms with van der Waals surface area (Å²) in [6.07, 6.45) is 5.44. The predicted octanol–water partition coefficient (Wildman–Crippen LogP) is 4.38. The van der Waals surface area contributed by atoms with E-state index in [2.05, 4.69) is 12.2 Å². The first-order chi connectivity index (χ1) is 17.1. The lowest BCUT2D eigenvalue weighted by Gasteiger charge is -2.32. The van der Waals surface area contributed by atoms with Gasteiger partial charge in [-0.3, -0.25) is 14.3 Å². The number of nitrogens with one attached hydrogen (secondary N) is 1. The molecule has 7 nitrogen and oxygen atoms in total. The Morgan fingerprint density at radius 2 is 1.97 bits per heavy atom. The summed E-state index contributed by atoms with van der Waals surface area (Å²) >= 11 is 0. The van der Waals surface area contributed by atoms with Crippen LogP contribution in [0.2, 0.25) is 0 Å². The second-order valence-corrected chi connectivity index (χ2v) is 9.04.